The van der Waals surface area contributed by atoms with Crippen molar-refractivity contribution in [3.05, 3.63) is 53.2 Å². The predicted molar refractivity (Wildman–Crippen MR) is 118 cm³/mol. The monoisotopic (exact) mass is 427 g/mol. The SMILES string of the molecule is CN(C)C(=O)CN1CC(C(=O)N2CCN(c3ccccn3)CC2)c2ccc(Cl)cc21. The van der Waals surface area contributed by atoms with E-state index in [-0.39, 0.29) is 24.3 Å². The molecule has 30 heavy (non-hydrogen) atoms. The number of fused-ring (bicyclic) bond motifs is 1. The molecule has 2 amide bonds. The lowest BCUT2D eigenvalue weighted by Gasteiger charge is -2.36. The summed E-state index contributed by atoms with van der Waals surface area (Å²) < 4.78 is 0. The largest absolute Gasteiger partial charge is 0.361 e. The van der Waals surface area contributed by atoms with E-state index in [0.717, 1.165) is 30.2 Å². The van der Waals surface area contributed by atoms with E-state index in [4.69, 9.17) is 11.6 Å². The number of nitrogens with zero attached hydrogens (tertiary/aromatic N) is 5. The van der Waals surface area contributed by atoms with Gasteiger partial charge in [-0.05, 0) is 29.8 Å². The van der Waals surface area contributed by atoms with Gasteiger partial charge in [0.15, 0.2) is 0 Å². The van der Waals surface area contributed by atoms with Crippen molar-refractivity contribution >= 4 is 34.9 Å². The van der Waals surface area contributed by atoms with Gasteiger partial charge in [0.1, 0.15) is 5.82 Å². The number of hydrogen-bond acceptors (Lipinski definition) is 5. The van der Waals surface area contributed by atoms with E-state index in [1.807, 2.05) is 46.2 Å². The molecule has 8 heteroatoms. The van der Waals surface area contributed by atoms with Gasteiger partial charge in [-0.1, -0.05) is 23.7 Å². The molecule has 0 bridgehead atoms. The number of likely N-dealkylation sites (N-methyl/N-ethyl adjacent to an activating group) is 1. The molecule has 0 N–H and O–H groups in total. The van der Waals surface area contributed by atoms with Gasteiger partial charge in [-0.2, -0.15) is 0 Å². The molecule has 1 aromatic carbocycles. The third-order valence-corrected chi connectivity index (χ3v) is 6.03. The second-order valence-corrected chi connectivity index (χ2v) is 8.36. The number of carbonyl (C=O) groups is 2. The van der Waals surface area contributed by atoms with Crippen LogP contribution in [0.25, 0.3) is 0 Å². The van der Waals surface area contributed by atoms with Crippen molar-refractivity contribution in [1.82, 2.24) is 14.8 Å². The number of benzene rings is 1. The second-order valence-electron chi connectivity index (χ2n) is 7.92. The molecule has 158 valence electrons. The van der Waals surface area contributed by atoms with E-state index in [2.05, 4.69) is 9.88 Å². The van der Waals surface area contributed by atoms with Crippen LogP contribution in [0, 0.1) is 0 Å². The van der Waals surface area contributed by atoms with Gasteiger partial charge in [0.05, 0.1) is 12.5 Å². The van der Waals surface area contributed by atoms with E-state index in [0.29, 0.717) is 24.7 Å². The molecule has 1 saturated heterocycles. The van der Waals surface area contributed by atoms with Gasteiger partial charge in [-0.3, -0.25) is 9.59 Å². The van der Waals surface area contributed by atoms with Crippen molar-refractivity contribution in [2.24, 2.45) is 0 Å². The zero-order valence-electron chi connectivity index (χ0n) is 17.3. The smallest absolute Gasteiger partial charge is 0.241 e. The van der Waals surface area contributed by atoms with Gasteiger partial charge in [-0.25, -0.2) is 4.98 Å². The molecule has 0 aliphatic carbocycles. The van der Waals surface area contributed by atoms with Crippen molar-refractivity contribution < 1.29 is 9.59 Å². The number of amides is 2. The Morgan fingerprint density at radius 3 is 2.57 bits per heavy atom. The first kappa shape index (κ1) is 20.5. The fourth-order valence-electron chi connectivity index (χ4n) is 4.09. The van der Waals surface area contributed by atoms with Crippen molar-refractivity contribution in [3.8, 4) is 0 Å². The molecule has 1 atom stereocenters. The highest BCUT2D eigenvalue weighted by Crippen LogP contribution is 2.39. The molecule has 0 radical (unpaired) electrons. The van der Waals surface area contributed by atoms with Crippen LogP contribution in [0.2, 0.25) is 5.02 Å². The third kappa shape index (κ3) is 4.07. The quantitative estimate of drug-likeness (QED) is 0.747. The number of rotatable bonds is 4. The molecule has 1 unspecified atom stereocenters. The fraction of sp³-hybridized carbons (Fsp3) is 0.409. The zero-order valence-corrected chi connectivity index (χ0v) is 18.0. The molecule has 1 aromatic heterocycles. The number of carbonyl (C=O) groups excluding carboxylic acids is 2. The van der Waals surface area contributed by atoms with Crippen molar-refractivity contribution in [2.75, 3.05) is 63.2 Å². The highest BCUT2D eigenvalue weighted by molar-refractivity contribution is 6.31. The lowest BCUT2D eigenvalue weighted by Crippen LogP contribution is -2.50. The molecule has 3 heterocycles. The number of halogens is 1. The highest BCUT2D eigenvalue weighted by atomic mass is 35.5. The van der Waals surface area contributed by atoms with Gasteiger partial charge >= 0.3 is 0 Å². The van der Waals surface area contributed by atoms with E-state index in [1.165, 1.54) is 0 Å². The summed E-state index contributed by atoms with van der Waals surface area (Å²) >= 11 is 6.21. The summed E-state index contributed by atoms with van der Waals surface area (Å²) in [7, 11) is 3.47. The van der Waals surface area contributed by atoms with E-state index < -0.39 is 0 Å². The van der Waals surface area contributed by atoms with Gasteiger partial charge in [0.2, 0.25) is 11.8 Å². The summed E-state index contributed by atoms with van der Waals surface area (Å²) in [5.74, 6) is 0.768. The maximum atomic E-state index is 13.4. The van der Waals surface area contributed by atoms with E-state index in [9.17, 15) is 9.59 Å². The Kier molecular flexibility index (Phi) is 5.81. The first-order valence-corrected chi connectivity index (χ1v) is 10.5. The Morgan fingerprint density at radius 2 is 1.90 bits per heavy atom. The summed E-state index contributed by atoms with van der Waals surface area (Å²) in [6, 6.07) is 11.5. The number of anilines is 2. The summed E-state index contributed by atoms with van der Waals surface area (Å²) in [4.78, 5) is 37.8. The molecule has 7 nitrogen and oxygen atoms in total. The average Bonchev–Trinajstić information content (AvgIpc) is 3.11. The Bertz CT molecular complexity index is 928. The van der Waals surface area contributed by atoms with Gasteiger partial charge in [0.25, 0.3) is 0 Å². The fourth-order valence-corrected chi connectivity index (χ4v) is 4.25. The molecular formula is C22H26ClN5O2. The van der Waals surface area contributed by atoms with Crippen molar-refractivity contribution in [3.63, 3.8) is 0 Å². The van der Waals surface area contributed by atoms with Gasteiger partial charge < -0.3 is 19.6 Å². The lowest BCUT2D eigenvalue weighted by molar-refractivity contribution is -0.133. The van der Waals surface area contributed by atoms with Crippen molar-refractivity contribution in [1.29, 1.82) is 0 Å². The minimum atomic E-state index is -0.284. The maximum absolute atomic E-state index is 13.4. The molecule has 2 aliphatic heterocycles. The number of piperazine rings is 1. The first-order valence-electron chi connectivity index (χ1n) is 10.1. The van der Waals surface area contributed by atoms with Crippen LogP contribution < -0.4 is 9.80 Å². The normalized spacial score (nSPS) is 18.4. The molecule has 4 rings (SSSR count). The standard InChI is InChI=1S/C22H26ClN5O2/c1-25(2)21(29)15-28-14-18(17-7-6-16(23)13-19(17)28)22(30)27-11-9-26(10-12-27)20-5-3-4-8-24-20/h3-8,13,18H,9-12,14-15H2,1-2H3. The molecule has 0 spiro atoms. The van der Waals surface area contributed by atoms with Crippen molar-refractivity contribution in [2.45, 2.75) is 5.92 Å². The minimum Gasteiger partial charge on any atom is -0.361 e. The van der Waals surface area contributed by atoms with Crippen LogP contribution in [-0.2, 0) is 9.59 Å². The Balaban J connectivity index is 1.47. The average molecular weight is 428 g/mol. The van der Waals surface area contributed by atoms with Crippen LogP contribution in [0.4, 0.5) is 11.5 Å². The maximum Gasteiger partial charge on any atom is 0.241 e. The summed E-state index contributed by atoms with van der Waals surface area (Å²) in [5.41, 5.74) is 1.83. The minimum absolute atomic E-state index is 0.00185. The summed E-state index contributed by atoms with van der Waals surface area (Å²) in [6.07, 6.45) is 1.79. The third-order valence-electron chi connectivity index (χ3n) is 5.80. The van der Waals surface area contributed by atoms with Crippen LogP contribution in [0.15, 0.2) is 42.6 Å². The number of pyridine rings is 1. The van der Waals surface area contributed by atoms with Crippen LogP contribution in [0.3, 0.4) is 0 Å². The van der Waals surface area contributed by atoms with Crippen LogP contribution in [0.1, 0.15) is 11.5 Å². The molecule has 2 aromatic rings. The number of hydrogen-bond donors (Lipinski definition) is 0. The topological polar surface area (TPSA) is 60.0 Å². The first-order chi connectivity index (χ1) is 14.4. The highest BCUT2D eigenvalue weighted by Gasteiger charge is 2.37. The summed E-state index contributed by atoms with van der Waals surface area (Å²) in [5, 5.41) is 0.605. The number of aromatic nitrogens is 1. The predicted octanol–water partition coefficient (Wildman–Crippen LogP) is 2.08. The molecule has 0 saturated carbocycles. The van der Waals surface area contributed by atoms with Crippen LogP contribution in [-0.4, -0.2) is 80.0 Å². The molecular weight excluding hydrogens is 402 g/mol. The van der Waals surface area contributed by atoms with Gasteiger partial charge in [-0.15, -0.1) is 0 Å². The van der Waals surface area contributed by atoms with Crippen LogP contribution in [0.5, 0.6) is 0 Å². The Labute approximate surface area is 181 Å². The molecule has 1 fully saturated rings. The molecule has 2 aliphatic rings. The van der Waals surface area contributed by atoms with E-state index in [1.54, 1.807) is 25.2 Å². The van der Waals surface area contributed by atoms with E-state index >= 15 is 0 Å². The Hall–Kier alpha value is -2.80. The lowest BCUT2D eigenvalue weighted by atomic mass is 9.99. The van der Waals surface area contributed by atoms with Crippen LogP contribution >= 0.6 is 11.6 Å². The van der Waals surface area contributed by atoms with Gasteiger partial charge in [0, 0.05) is 63.7 Å². The second kappa shape index (κ2) is 8.52. The Morgan fingerprint density at radius 1 is 1.13 bits per heavy atom. The zero-order chi connectivity index (χ0) is 21.3. The summed E-state index contributed by atoms with van der Waals surface area (Å²) in [6.45, 7) is 3.56.